The zero-order chi connectivity index (χ0) is 22.0. The van der Waals surface area contributed by atoms with Crippen LogP contribution in [0.4, 0.5) is 4.79 Å². The third kappa shape index (κ3) is 5.56. The minimum absolute atomic E-state index is 0.232. The molecule has 1 amide bonds. The highest BCUT2D eigenvalue weighted by Crippen LogP contribution is 2.40. The summed E-state index contributed by atoms with van der Waals surface area (Å²) in [7, 11) is 0. The molecule has 2 fully saturated rings. The molecule has 1 N–H and O–H groups in total. The Bertz CT molecular complexity index is 922. The van der Waals surface area contributed by atoms with Crippen LogP contribution in [0.5, 0.6) is 0 Å². The normalized spacial score (nSPS) is 21.7. The van der Waals surface area contributed by atoms with Gasteiger partial charge >= 0.3 is 6.09 Å². The van der Waals surface area contributed by atoms with Gasteiger partial charge in [0, 0.05) is 37.4 Å². The minimum Gasteiger partial charge on any atom is -0.444 e. The van der Waals surface area contributed by atoms with Crippen LogP contribution in [-0.4, -0.2) is 45.5 Å². The number of carbonyl (C=O) groups excluding carboxylic acids is 1. The van der Waals surface area contributed by atoms with Crippen LogP contribution in [0, 0.1) is 5.92 Å². The van der Waals surface area contributed by atoms with Crippen LogP contribution in [0.2, 0.25) is 0 Å². The summed E-state index contributed by atoms with van der Waals surface area (Å²) in [6, 6.07) is 11.4. The van der Waals surface area contributed by atoms with E-state index in [9.17, 15) is 4.79 Å². The molecule has 4 rings (SSSR count). The molecular formula is C25H34N4O2. The van der Waals surface area contributed by atoms with Gasteiger partial charge in [-0.1, -0.05) is 48.9 Å². The summed E-state index contributed by atoms with van der Waals surface area (Å²) < 4.78 is 7.40. The maximum atomic E-state index is 12.1. The number of hydrogen-bond acceptors (Lipinski definition) is 4. The molecule has 1 aliphatic carbocycles. The van der Waals surface area contributed by atoms with Gasteiger partial charge in [-0.3, -0.25) is 4.68 Å². The molecule has 1 aliphatic heterocycles. The number of carbonyl (C=O) groups is 1. The first-order valence-electron chi connectivity index (χ1n) is 11.3. The van der Waals surface area contributed by atoms with E-state index in [2.05, 4.69) is 59.9 Å². The van der Waals surface area contributed by atoms with Gasteiger partial charge in [-0.05, 0) is 45.1 Å². The molecule has 2 atom stereocenters. The second-order valence-electron chi connectivity index (χ2n) is 9.68. The van der Waals surface area contributed by atoms with Crippen molar-refractivity contribution < 1.29 is 9.53 Å². The van der Waals surface area contributed by atoms with Crippen molar-refractivity contribution in [1.82, 2.24) is 20.0 Å². The largest absolute Gasteiger partial charge is 0.444 e. The lowest BCUT2D eigenvalue weighted by Gasteiger charge is -2.39. The summed E-state index contributed by atoms with van der Waals surface area (Å²) in [5.74, 6) is 0.634. The molecule has 1 unspecified atom stereocenters. The molecule has 1 aromatic carbocycles. The predicted octanol–water partition coefficient (Wildman–Crippen LogP) is 4.65. The van der Waals surface area contributed by atoms with E-state index in [0.717, 1.165) is 13.0 Å². The molecule has 2 aromatic rings. The van der Waals surface area contributed by atoms with Gasteiger partial charge in [-0.15, -0.1) is 0 Å². The molecule has 1 saturated heterocycles. The molecule has 0 bridgehead atoms. The SMILES string of the molecule is CCC(=Cc1ccccc1)C1C[C@@H]1NCc1cnn(C2CN(C(=O)OC(C)(C)C)C2)c1. The van der Waals surface area contributed by atoms with Gasteiger partial charge in [0.05, 0.1) is 12.2 Å². The lowest BCUT2D eigenvalue weighted by molar-refractivity contribution is -0.000396. The third-order valence-corrected chi connectivity index (χ3v) is 5.94. The molecule has 2 heterocycles. The van der Waals surface area contributed by atoms with Crippen LogP contribution >= 0.6 is 0 Å². The van der Waals surface area contributed by atoms with Crippen LogP contribution < -0.4 is 5.32 Å². The summed E-state index contributed by atoms with van der Waals surface area (Å²) in [5, 5.41) is 8.20. The van der Waals surface area contributed by atoms with E-state index in [4.69, 9.17) is 4.74 Å². The van der Waals surface area contributed by atoms with E-state index >= 15 is 0 Å². The van der Waals surface area contributed by atoms with Gasteiger partial charge in [0.2, 0.25) is 0 Å². The van der Waals surface area contributed by atoms with Gasteiger partial charge in [0.25, 0.3) is 0 Å². The summed E-state index contributed by atoms with van der Waals surface area (Å²) in [4.78, 5) is 13.8. The Labute approximate surface area is 185 Å². The topological polar surface area (TPSA) is 59.4 Å². The fourth-order valence-corrected chi connectivity index (χ4v) is 4.08. The number of hydrogen-bond donors (Lipinski definition) is 1. The van der Waals surface area contributed by atoms with Crippen LogP contribution in [0.15, 0.2) is 48.3 Å². The minimum atomic E-state index is -0.457. The zero-order valence-electron chi connectivity index (χ0n) is 19.0. The van der Waals surface area contributed by atoms with Crippen molar-refractivity contribution in [2.45, 2.75) is 64.8 Å². The number of nitrogens with zero attached hydrogens (tertiary/aromatic N) is 3. The van der Waals surface area contributed by atoms with E-state index in [1.807, 2.05) is 31.6 Å². The quantitative estimate of drug-likeness (QED) is 0.706. The number of ether oxygens (including phenoxy) is 1. The number of rotatable bonds is 7. The third-order valence-electron chi connectivity index (χ3n) is 5.94. The summed E-state index contributed by atoms with van der Waals surface area (Å²) >= 11 is 0. The molecule has 166 valence electrons. The molecule has 1 saturated carbocycles. The highest BCUT2D eigenvalue weighted by atomic mass is 16.6. The Hall–Kier alpha value is -2.60. The van der Waals surface area contributed by atoms with Crippen molar-refractivity contribution >= 4 is 12.2 Å². The first-order valence-corrected chi connectivity index (χ1v) is 11.3. The molecule has 1 aromatic heterocycles. The number of benzene rings is 1. The second kappa shape index (κ2) is 8.87. The number of likely N-dealkylation sites (tertiary alicyclic amines) is 1. The molecule has 31 heavy (non-hydrogen) atoms. The second-order valence-corrected chi connectivity index (χ2v) is 9.68. The Balaban J connectivity index is 1.23. The van der Waals surface area contributed by atoms with Gasteiger partial charge in [-0.25, -0.2) is 4.79 Å². The Morgan fingerprint density at radius 1 is 1.26 bits per heavy atom. The van der Waals surface area contributed by atoms with Crippen LogP contribution in [0.25, 0.3) is 6.08 Å². The molecular weight excluding hydrogens is 388 g/mol. The molecule has 0 radical (unpaired) electrons. The fraction of sp³-hybridized carbons (Fsp3) is 0.520. The molecule has 2 aliphatic rings. The van der Waals surface area contributed by atoms with Crippen LogP contribution in [0.3, 0.4) is 0 Å². The molecule has 0 spiro atoms. The van der Waals surface area contributed by atoms with E-state index < -0.39 is 5.60 Å². The smallest absolute Gasteiger partial charge is 0.410 e. The van der Waals surface area contributed by atoms with E-state index in [1.165, 1.54) is 23.1 Å². The summed E-state index contributed by atoms with van der Waals surface area (Å²) in [6.45, 7) is 10.0. The Morgan fingerprint density at radius 2 is 2.00 bits per heavy atom. The summed E-state index contributed by atoms with van der Waals surface area (Å²) in [6.07, 6.45) is 8.42. The average molecular weight is 423 g/mol. The summed E-state index contributed by atoms with van der Waals surface area (Å²) in [5.41, 5.74) is 3.54. The fourth-order valence-electron chi connectivity index (χ4n) is 4.08. The first-order chi connectivity index (χ1) is 14.8. The monoisotopic (exact) mass is 422 g/mol. The highest BCUT2D eigenvalue weighted by Gasteiger charge is 2.39. The van der Waals surface area contributed by atoms with Crippen LogP contribution in [0.1, 0.15) is 57.7 Å². The average Bonchev–Trinajstić information content (AvgIpc) is 3.31. The van der Waals surface area contributed by atoms with Gasteiger partial charge in [-0.2, -0.15) is 5.10 Å². The van der Waals surface area contributed by atoms with E-state index in [-0.39, 0.29) is 12.1 Å². The van der Waals surface area contributed by atoms with Gasteiger partial charge in [0.15, 0.2) is 0 Å². The van der Waals surface area contributed by atoms with Crippen molar-refractivity contribution in [3.8, 4) is 0 Å². The maximum absolute atomic E-state index is 12.1. The zero-order valence-corrected chi connectivity index (χ0v) is 19.0. The van der Waals surface area contributed by atoms with Gasteiger partial charge < -0.3 is 15.0 Å². The number of amides is 1. The predicted molar refractivity (Wildman–Crippen MR) is 123 cm³/mol. The maximum Gasteiger partial charge on any atom is 0.410 e. The molecule has 6 heteroatoms. The van der Waals surface area contributed by atoms with Crippen molar-refractivity contribution in [2.75, 3.05) is 13.1 Å². The highest BCUT2D eigenvalue weighted by molar-refractivity contribution is 5.69. The first kappa shape index (κ1) is 21.6. The Morgan fingerprint density at radius 3 is 2.68 bits per heavy atom. The number of aromatic nitrogens is 2. The van der Waals surface area contributed by atoms with Crippen molar-refractivity contribution in [1.29, 1.82) is 0 Å². The number of nitrogens with one attached hydrogen (secondary N) is 1. The lowest BCUT2D eigenvalue weighted by atomic mass is 10.0. The van der Waals surface area contributed by atoms with E-state index in [0.29, 0.717) is 25.0 Å². The van der Waals surface area contributed by atoms with Crippen LogP contribution in [-0.2, 0) is 11.3 Å². The van der Waals surface area contributed by atoms with E-state index in [1.54, 1.807) is 4.90 Å². The van der Waals surface area contributed by atoms with Gasteiger partial charge in [0.1, 0.15) is 5.60 Å². The van der Waals surface area contributed by atoms with Crippen molar-refractivity contribution in [2.24, 2.45) is 5.92 Å². The lowest BCUT2D eigenvalue weighted by Crippen LogP contribution is -2.52. The molecule has 6 nitrogen and oxygen atoms in total. The standard InChI is InChI=1S/C25H34N4O2/c1-5-20(11-18-9-7-6-8-10-18)22-12-23(22)26-13-19-14-27-29(15-19)21-16-28(17-21)24(30)31-25(2,3)4/h6-11,14-15,21-23,26H,5,12-13,16-17H2,1-4H3/t22?,23-/m0/s1. The van der Waals surface area contributed by atoms with Crippen molar-refractivity contribution in [3.05, 3.63) is 59.4 Å². The van der Waals surface area contributed by atoms with Crippen molar-refractivity contribution in [3.63, 3.8) is 0 Å². The Kier molecular flexibility index (Phi) is 6.19.